The van der Waals surface area contributed by atoms with Crippen molar-refractivity contribution in [1.82, 2.24) is 14.4 Å². The van der Waals surface area contributed by atoms with Crippen LogP contribution in [0.1, 0.15) is 5.56 Å². The molecule has 0 fully saturated rings. The van der Waals surface area contributed by atoms with E-state index < -0.39 is 0 Å². The number of rotatable bonds is 3. The number of fused-ring (bicyclic) bond motifs is 2. The van der Waals surface area contributed by atoms with Crippen molar-refractivity contribution < 1.29 is 9.47 Å². The second-order valence-corrected chi connectivity index (χ2v) is 4.71. The molecule has 0 amide bonds. The molecule has 1 aromatic carbocycles. The van der Waals surface area contributed by atoms with E-state index in [2.05, 4.69) is 15.3 Å². The molecule has 1 aliphatic rings. The minimum absolute atomic E-state index is 0.275. The Balaban J connectivity index is 1.59. The first-order chi connectivity index (χ1) is 10.3. The van der Waals surface area contributed by atoms with Crippen LogP contribution in [0.15, 0.2) is 36.8 Å². The Bertz CT molecular complexity index is 814. The van der Waals surface area contributed by atoms with Crippen molar-refractivity contribution >= 4 is 17.3 Å². The molecular weight excluding hydrogens is 270 g/mol. The first-order valence-electron chi connectivity index (χ1n) is 6.51. The lowest BCUT2D eigenvalue weighted by molar-refractivity contribution is 0.174. The van der Waals surface area contributed by atoms with Gasteiger partial charge in [-0.05, 0) is 17.7 Å². The summed E-state index contributed by atoms with van der Waals surface area (Å²) in [6, 6.07) is 5.83. The average molecular weight is 283 g/mol. The van der Waals surface area contributed by atoms with Gasteiger partial charge in [-0.3, -0.25) is 0 Å². The molecule has 3 aromatic rings. The molecule has 0 atom stereocenters. The van der Waals surface area contributed by atoms with Gasteiger partial charge in [-0.1, -0.05) is 6.07 Å². The highest BCUT2D eigenvalue weighted by Crippen LogP contribution is 2.32. The number of ether oxygens (including phenoxy) is 2. The van der Waals surface area contributed by atoms with Crippen LogP contribution in [-0.2, 0) is 6.54 Å². The van der Waals surface area contributed by atoms with E-state index in [4.69, 9.17) is 15.2 Å². The van der Waals surface area contributed by atoms with Crippen molar-refractivity contribution in [3.63, 3.8) is 0 Å². The Morgan fingerprint density at radius 3 is 3.14 bits per heavy atom. The maximum Gasteiger partial charge on any atom is 0.231 e. The predicted octanol–water partition coefficient (Wildman–Crippen LogP) is 1.65. The van der Waals surface area contributed by atoms with Crippen LogP contribution in [0.25, 0.3) is 5.65 Å². The van der Waals surface area contributed by atoms with Crippen LogP contribution < -0.4 is 20.5 Å². The number of nitrogen functional groups attached to an aromatic ring is 1. The monoisotopic (exact) mass is 283 g/mol. The molecule has 7 nitrogen and oxygen atoms in total. The summed E-state index contributed by atoms with van der Waals surface area (Å²) in [6.45, 7) is 0.868. The summed E-state index contributed by atoms with van der Waals surface area (Å²) in [5.41, 5.74) is 7.59. The number of nitrogens with two attached hydrogens (primary N) is 1. The van der Waals surface area contributed by atoms with E-state index in [1.165, 1.54) is 0 Å². The molecule has 0 saturated carbocycles. The predicted molar refractivity (Wildman–Crippen MR) is 77.3 cm³/mol. The van der Waals surface area contributed by atoms with Crippen molar-refractivity contribution in [1.29, 1.82) is 0 Å². The molecule has 0 aliphatic carbocycles. The normalized spacial score (nSPS) is 12.8. The van der Waals surface area contributed by atoms with E-state index in [0.717, 1.165) is 22.7 Å². The molecular formula is C14H13N5O2. The smallest absolute Gasteiger partial charge is 0.231 e. The Morgan fingerprint density at radius 2 is 2.19 bits per heavy atom. The highest BCUT2D eigenvalue weighted by Gasteiger charge is 2.13. The number of benzene rings is 1. The SMILES string of the molecule is Nc1cn2ccnc2c(NCc2ccc3c(c2)OCO3)n1. The van der Waals surface area contributed by atoms with Gasteiger partial charge in [0.25, 0.3) is 0 Å². The van der Waals surface area contributed by atoms with Gasteiger partial charge in [-0.25, -0.2) is 9.97 Å². The van der Waals surface area contributed by atoms with Gasteiger partial charge >= 0.3 is 0 Å². The highest BCUT2D eigenvalue weighted by molar-refractivity contribution is 5.65. The summed E-state index contributed by atoms with van der Waals surface area (Å²) in [6.07, 6.45) is 5.27. The van der Waals surface area contributed by atoms with Crippen LogP contribution in [0.4, 0.5) is 11.6 Å². The molecule has 0 bridgehead atoms. The number of anilines is 2. The molecule has 7 heteroatoms. The molecule has 3 N–H and O–H groups in total. The van der Waals surface area contributed by atoms with Crippen molar-refractivity contribution in [2.75, 3.05) is 17.8 Å². The molecule has 0 spiro atoms. The number of aromatic nitrogens is 3. The Kier molecular flexibility index (Phi) is 2.56. The van der Waals surface area contributed by atoms with Gasteiger partial charge in [0.15, 0.2) is 23.0 Å². The lowest BCUT2D eigenvalue weighted by atomic mass is 10.2. The summed E-state index contributed by atoms with van der Waals surface area (Å²) in [5, 5.41) is 3.25. The van der Waals surface area contributed by atoms with Gasteiger partial charge in [0.2, 0.25) is 6.79 Å². The lowest BCUT2D eigenvalue weighted by Gasteiger charge is -2.08. The van der Waals surface area contributed by atoms with Crippen molar-refractivity contribution in [3.05, 3.63) is 42.4 Å². The molecule has 4 rings (SSSR count). The molecule has 106 valence electrons. The topological polar surface area (TPSA) is 86.7 Å². The van der Waals surface area contributed by atoms with E-state index in [0.29, 0.717) is 18.2 Å². The van der Waals surface area contributed by atoms with Crippen molar-refractivity contribution in [3.8, 4) is 11.5 Å². The third-order valence-corrected chi connectivity index (χ3v) is 3.29. The van der Waals surface area contributed by atoms with E-state index in [9.17, 15) is 0 Å². The molecule has 0 saturated heterocycles. The van der Waals surface area contributed by atoms with E-state index >= 15 is 0 Å². The molecule has 0 unspecified atom stereocenters. The van der Waals surface area contributed by atoms with Crippen molar-refractivity contribution in [2.24, 2.45) is 0 Å². The number of nitrogens with zero attached hydrogens (tertiary/aromatic N) is 3. The summed E-state index contributed by atoms with van der Waals surface area (Å²) in [5.74, 6) is 2.63. The second-order valence-electron chi connectivity index (χ2n) is 4.71. The van der Waals surface area contributed by atoms with Crippen LogP contribution in [0.2, 0.25) is 0 Å². The maximum atomic E-state index is 5.79. The van der Waals surface area contributed by atoms with E-state index in [-0.39, 0.29) is 6.79 Å². The number of hydrogen-bond acceptors (Lipinski definition) is 6. The summed E-state index contributed by atoms with van der Waals surface area (Å²) in [4.78, 5) is 8.56. The van der Waals surface area contributed by atoms with Crippen LogP contribution in [0.5, 0.6) is 11.5 Å². The fourth-order valence-electron chi connectivity index (χ4n) is 2.31. The minimum Gasteiger partial charge on any atom is -0.454 e. The fourth-order valence-corrected chi connectivity index (χ4v) is 2.31. The van der Waals surface area contributed by atoms with Gasteiger partial charge in [-0.15, -0.1) is 0 Å². The van der Waals surface area contributed by atoms with Crippen LogP contribution in [0.3, 0.4) is 0 Å². The fraction of sp³-hybridized carbons (Fsp3) is 0.143. The van der Waals surface area contributed by atoms with Gasteiger partial charge < -0.3 is 24.9 Å². The van der Waals surface area contributed by atoms with Gasteiger partial charge in [0, 0.05) is 18.9 Å². The molecule has 21 heavy (non-hydrogen) atoms. The Morgan fingerprint density at radius 1 is 1.29 bits per heavy atom. The number of imidazole rings is 1. The lowest BCUT2D eigenvalue weighted by Crippen LogP contribution is -2.06. The maximum absolute atomic E-state index is 5.79. The molecule has 2 aromatic heterocycles. The number of nitrogens with one attached hydrogen (secondary N) is 1. The third kappa shape index (κ3) is 2.08. The summed E-state index contributed by atoms with van der Waals surface area (Å²) < 4.78 is 12.5. The minimum atomic E-state index is 0.275. The standard InChI is InChI=1S/C14H13N5O2/c15-12-7-19-4-3-16-14(19)13(18-12)17-6-9-1-2-10-11(5-9)21-8-20-10/h1-5,7H,6,8,15H2,(H,17,18). The zero-order chi connectivity index (χ0) is 14.2. The Labute approximate surface area is 120 Å². The van der Waals surface area contributed by atoms with E-state index in [1.807, 2.05) is 28.8 Å². The van der Waals surface area contributed by atoms with Gasteiger partial charge in [-0.2, -0.15) is 0 Å². The third-order valence-electron chi connectivity index (χ3n) is 3.29. The second kappa shape index (κ2) is 4.55. The largest absolute Gasteiger partial charge is 0.454 e. The summed E-state index contributed by atoms with van der Waals surface area (Å²) in [7, 11) is 0. The first-order valence-corrected chi connectivity index (χ1v) is 6.51. The highest BCUT2D eigenvalue weighted by atomic mass is 16.7. The van der Waals surface area contributed by atoms with Crippen LogP contribution in [0, 0.1) is 0 Å². The van der Waals surface area contributed by atoms with Crippen LogP contribution >= 0.6 is 0 Å². The van der Waals surface area contributed by atoms with E-state index in [1.54, 1.807) is 12.4 Å². The zero-order valence-corrected chi connectivity index (χ0v) is 11.1. The number of hydrogen-bond donors (Lipinski definition) is 2. The average Bonchev–Trinajstić information content (AvgIpc) is 3.12. The zero-order valence-electron chi connectivity index (χ0n) is 11.1. The van der Waals surface area contributed by atoms with Gasteiger partial charge in [0.1, 0.15) is 5.82 Å². The first kappa shape index (κ1) is 11.8. The van der Waals surface area contributed by atoms with Crippen LogP contribution in [-0.4, -0.2) is 21.2 Å². The van der Waals surface area contributed by atoms with Gasteiger partial charge in [0.05, 0.1) is 6.20 Å². The summed E-state index contributed by atoms with van der Waals surface area (Å²) >= 11 is 0. The molecule has 1 aliphatic heterocycles. The quantitative estimate of drug-likeness (QED) is 0.760. The Hall–Kier alpha value is -2.96. The molecule has 0 radical (unpaired) electrons. The van der Waals surface area contributed by atoms with Crippen molar-refractivity contribution in [2.45, 2.75) is 6.54 Å². The molecule has 3 heterocycles.